The van der Waals surface area contributed by atoms with E-state index in [1.165, 1.54) is 19.1 Å². The van der Waals surface area contributed by atoms with Crippen LogP contribution in [0.15, 0.2) is 18.2 Å². The summed E-state index contributed by atoms with van der Waals surface area (Å²) >= 11 is 0. The zero-order valence-corrected chi connectivity index (χ0v) is 15.2. The second kappa shape index (κ2) is 8.88. The van der Waals surface area contributed by atoms with Crippen molar-refractivity contribution in [1.82, 2.24) is 16.0 Å². The Morgan fingerprint density at radius 3 is 2.52 bits per heavy atom. The average molecular weight is 379 g/mol. The Morgan fingerprint density at radius 1 is 1.11 bits per heavy atom. The summed E-state index contributed by atoms with van der Waals surface area (Å²) in [5, 5.41) is 6.90. The largest absolute Gasteiger partial charge is 0.454 e. The van der Waals surface area contributed by atoms with Crippen LogP contribution in [0.1, 0.15) is 31.1 Å². The summed E-state index contributed by atoms with van der Waals surface area (Å²) in [6.45, 7) is 4.42. The van der Waals surface area contributed by atoms with Crippen LogP contribution in [0.3, 0.4) is 0 Å². The van der Waals surface area contributed by atoms with Crippen LogP contribution >= 0.6 is 0 Å². The number of carbonyl (C=O) groups excluding carboxylic acids is 4. The Hall–Kier alpha value is -3.30. The summed E-state index contributed by atoms with van der Waals surface area (Å²) in [6, 6.07) is 3.77. The van der Waals surface area contributed by atoms with Gasteiger partial charge in [0.2, 0.25) is 6.79 Å². The Bertz CT molecular complexity index is 748. The minimum Gasteiger partial charge on any atom is -0.454 e. The number of esters is 1. The smallest absolute Gasteiger partial charge is 0.326 e. The molecule has 0 unspecified atom stereocenters. The minimum absolute atomic E-state index is 0.0852. The molecule has 4 amide bonds. The molecule has 0 fully saturated rings. The molecule has 0 saturated carbocycles. The molecule has 1 aromatic carbocycles. The molecular formula is C17H21N3O7. The first-order chi connectivity index (χ1) is 12.8. The van der Waals surface area contributed by atoms with Gasteiger partial charge in [0.05, 0.1) is 0 Å². The predicted molar refractivity (Wildman–Crippen MR) is 92.3 cm³/mol. The van der Waals surface area contributed by atoms with E-state index < -0.39 is 36.5 Å². The van der Waals surface area contributed by atoms with Crippen molar-refractivity contribution in [3.05, 3.63) is 23.8 Å². The fourth-order valence-electron chi connectivity index (χ4n) is 2.10. The molecule has 1 aliphatic rings. The highest BCUT2D eigenvalue weighted by Crippen LogP contribution is 2.32. The van der Waals surface area contributed by atoms with Crippen molar-refractivity contribution in [2.45, 2.75) is 32.9 Å². The van der Waals surface area contributed by atoms with E-state index in [2.05, 4.69) is 16.0 Å². The lowest BCUT2D eigenvalue weighted by atomic mass is 10.2. The molecule has 0 spiro atoms. The molecule has 2 rings (SSSR count). The molecule has 0 bridgehead atoms. The van der Waals surface area contributed by atoms with Crippen molar-refractivity contribution in [3.63, 3.8) is 0 Å². The van der Waals surface area contributed by atoms with E-state index in [9.17, 15) is 19.2 Å². The van der Waals surface area contributed by atoms with Crippen molar-refractivity contribution in [3.8, 4) is 11.5 Å². The van der Waals surface area contributed by atoms with Crippen molar-refractivity contribution < 1.29 is 33.4 Å². The van der Waals surface area contributed by atoms with E-state index in [1.807, 2.05) is 0 Å². The highest BCUT2D eigenvalue weighted by molar-refractivity contribution is 5.98. The van der Waals surface area contributed by atoms with Gasteiger partial charge in [-0.3, -0.25) is 19.7 Å². The van der Waals surface area contributed by atoms with Gasteiger partial charge in [-0.25, -0.2) is 4.79 Å². The first kappa shape index (κ1) is 20.0. The molecule has 0 saturated heterocycles. The number of carbonyl (C=O) groups is 4. The number of urea groups is 1. The molecule has 0 radical (unpaired) electrons. The van der Waals surface area contributed by atoms with Crippen LogP contribution in [-0.2, 0) is 14.3 Å². The van der Waals surface area contributed by atoms with Crippen LogP contribution in [-0.4, -0.2) is 49.3 Å². The number of nitrogens with one attached hydrogen (secondary N) is 3. The van der Waals surface area contributed by atoms with Crippen LogP contribution in [0.5, 0.6) is 11.5 Å². The van der Waals surface area contributed by atoms with E-state index >= 15 is 0 Å². The Morgan fingerprint density at radius 2 is 1.81 bits per heavy atom. The number of imide groups is 1. The molecule has 0 aromatic heterocycles. The number of hydrogen-bond donors (Lipinski definition) is 3. The molecule has 27 heavy (non-hydrogen) atoms. The zero-order chi connectivity index (χ0) is 20.0. The van der Waals surface area contributed by atoms with E-state index in [4.69, 9.17) is 14.2 Å². The van der Waals surface area contributed by atoms with Crippen LogP contribution in [0.2, 0.25) is 0 Å². The SMILES string of the molecule is CC(C)NC(=O)NC(=O)[C@@H](C)OC(=O)CNC(=O)c1ccc2c(c1)OCO2. The van der Waals surface area contributed by atoms with Gasteiger partial charge in [-0.2, -0.15) is 0 Å². The van der Waals surface area contributed by atoms with E-state index in [1.54, 1.807) is 19.9 Å². The quantitative estimate of drug-likeness (QED) is 0.606. The van der Waals surface area contributed by atoms with Crippen LogP contribution in [0, 0.1) is 0 Å². The molecule has 1 aliphatic heterocycles. The fraction of sp³-hybridized carbons (Fsp3) is 0.412. The Kier molecular flexibility index (Phi) is 6.58. The summed E-state index contributed by atoms with van der Waals surface area (Å²) in [4.78, 5) is 47.1. The first-order valence-electron chi connectivity index (χ1n) is 8.25. The Labute approximate surface area is 155 Å². The number of benzene rings is 1. The van der Waals surface area contributed by atoms with Gasteiger partial charge in [0.25, 0.3) is 11.8 Å². The second-order valence-corrected chi connectivity index (χ2v) is 6.00. The standard InChI is InChI=1S/C17H21N3O7/c1-9(2)19-17(24)20-15(22)10(3)27-14(21)7-18-16(23)11-4-5-12-13(6-11)26-8-25-12/h4-6,9-10H,7-8H2,1-3H3,(H,18,23)(H2,19,20,22,24)/t10-/m1/s1. The molecule has 3 N–H and O–H groups in total. The van der Waals surface area contributed by atoms with Gasteiger partial charge in [-0.1, -0.05) is 0 Å². The number of rotatable bonds is 6. The molecule has 10 heteroatoms. The van der Waals surface area contributed by atoms with Gasteiger partial charge in [0.15, 0.2) is 17.6 Å². The van der Waals surface area contributed by atoms with Crippen molar-refractivity contribution in [2.24, 2.45) is 0 Å². The zero-order valence-electron chi connectivity index (χ0n) is 15.2. The monoisotopic (exact) mass is 379 g/mol. The Balaban J connectivity index is 1.77. The lowest BCUT2D eigenvalue weighted by Crippen LogP contribution is -2.47. The third-order valence-electron chi connectivity index (χ3n) is 3.36. The minimum atomic E-state index is -1.20. The topological polar surface area (TPSA) is 132 Å². The van der Waals surface area contributed by atoms with Crippen LogP contribution < -0.4 is 25.4 Å². The van der Waals surface area contributed by atoms with Gasteiger partial charge in [0.1, 0.15) is 6.54 Å². The third kappa shape index (κ3) is 5.87. The van der Waals surface area contributed by atoms with Gasteiger partial charge >= 0.3 is 12.0 Å². The maximum Gasteiger partial charge on any atom is 0.326 e. The number of fused-ring (bicyclic) bond motifs is 1. The lowest BCUT2D eigenvalue weighted by Gasteiger charge is -2.14. The molecule has 0 aliphatic carbocycles. The van der Waals surface area contributed by atoms with Crippen molar-refractivity contribution >= 4 is 23.8 Å². The van der Waals surface area contributed by atoms with E-state index in [0.717, 1.165) is 0 Å². The molecule has 146 valence electrons. The highest BCUT2D eigenvalue weighted by Gasteiger charge is 2.21. The molecule has 1 aromatic rings. The fourth-order valence-corrected chi connectivity index (χ4v) is 2.10. The summed E-state index contributed by atoms with van der Waals surface area (Å²) in [5.41, 5.74) is 0.281. The molecule has 1 atom stereocenters. The molecule has 10 nitrogen and oxygen atoms in total. The average Bonchev–Trinajstić information content (AvgIpc) is 3.06. The number of ether oxygens (including phenoxy) is 3. The predicted octanol–water partition coefficient (Wildman–Crippen LogP) is 0.311. The highest BCUT2D eigenvalue weighted by atomic mass is 16.7. The summed E-state index contributed by atoms with van der Waals surface area (Å²) in [5.74, 6) is -1.14. The van der Waals surface area contributed by atoms with Crippen molar-refractivity contribution in [1.29, 1.82) is 0 Å². The second-order valence-electron chi connectivity index (χ2n) is 6.00. The summed E-state index contributed by atoms with van der Waals surface area (Å²) < 4.78 is 15.2. The van der Waals surface area contributed by atoms with Gasteiger partial charge in [-0.15, -0.1) is 0 Å². The van der Waals surface area contributed by atoms with E-state index in [0.29, 0.717) is 11.5 Å². The maximum absolute atomic E-state index is 12.1. The summed E-state index contributed by atoms with van der Waals surface area (Å²) in [7, 11) is 0. The maximum atomic E-state index is 12.1. The normalized spacial score (nSPS) is 12.9. The van der Waals surface area contributed by atoms with Crippen molar-refractivity contribution in [2.75, 3.05) is 13.3 Å². The van der Waals surface area contributed by atoms with Gasteiger partial charge in [-0.05, 0) is 39.0 Å². The van der Waals surface area contributed by atoms with Crippen LogP contribution in [0.4, 0.5) is 4.79 Å². The number of amides is 4. The third-order valence-corrected chi connectivity index (χ3v) is 3.36. The number of hydrogen-bond acceptors (Lipinski definition) is 7. The van der Waals surface area contributed by atoms with Gasteiger partial charge in [0, 0.05) is 11.6 Å². The molecular weight excluding hydrogens is 358 g/mol. The first-order valence-corrected chi connectivity index (χ1v) is 8.25. The van der Waals surface area contributed by atoms with Gasteiger partial charge < -0.3 is 24.8 Å². The van der Waals surface area contributed by atoms with Crippen LogP contribution in [0.25, 0.3) is 0 Å². The summed E-state index contributed by atoms with van der Waals surface area (Å²) in [6.07, 6.45) is -1.20. The van der Waals surface area contributed by atoms with E-state index in [-0.39, 0.29) is 18.4 Å². The lowest BCUT2D eigenvalue weighted by molar-refractivity contribution is -0.153. The molecule has 1 heterocycles.